The van der Waals surface area contributed by atoms with Gasteiger partial charge in [-0.15, -0.1) is 25.3 Å². The van der Waals surface area contributed by atoms with E-state index in [4.69, 9.17) is 52.9 Å². The Kier molecular flexibility index (Phi) is 19.9. The van der Waals surface area contributed by atoms with Crippen LogP contribution in [0.25, 0.3) is 0 Å². The molecule has 14 heteroatoms. The first-order chi connectivity index (χ1) is 15.0. The molecule has 0 heterocycles. The highest BCUT2D eigenvalue weighted by Crippen LogP contribution is 2.17. The van der Waals surface area contributed by atoms with E-state index in [-0.39, 0.29) is 51.6 Å². The number of ether oxygens (including phenoxy) is 6. The SMILES string of the molecule is CC(OCCOC(=O)C(C)SC(=S)S)OCCOC(C)OCCOC(=O)C(C)SC(=S)S. The minimum atomic E-state index is -0.491. The number of thioether (sulfide) groups is 2. The first-order valence-corrected chi connectivity index (χ1v) is 13.1. The van der Waals surface area contributed by atoms with Crippen LogP contribution in [-0.4, -0.2) is 81.7 Å². The smallest absolute Gasteiger partial charge is 0.319 e. The third-order valence-corrected chi connectivity index (χ3v) is 6.07. The molecule has 0 fully saturated rings. The first kappa shape index (κ1) is 32.4. The Morgan fingerprint density at radius 1 is 0.656 bits per heavy atom. The lowest BCUT2D eigenvalue weighted by molar-refractivity contribution is -0.179. The van der Waals surface area contributed by atoms with Crippen LogP contribution < -0.4 is 0 Å². The van der Waals surface area contributed by atoms with Gasteiger partial charge in [0.1, 0.15) is 30.8 Å². The summed E-state index contributed by atoms with van der Waals surface area (Å²) in [4.78, 5) is 23.4. The van der Waals surface area contributed by atoms with E-state index >= 15 is 0 Å². The zero-order chi connectivity index (χ0) is 24.5. The minimum Gasteiger partial charge on any atom is -0.462 e. The van der Waals surface area contributed by atoms with Crippen LogP contribution in [0.1, 0.15) is 27.7 Å². The number of thiocarbonyl (C=S) groups is 2. The average Bonchev–Trinajstić information content (AvgIpc) is 2.70. The van der Waals surface area contributed by atoms with Crippen molar-refractivity contribution in [3.8, 4) is 0 Å². The summed E-state index contributed by atoms with van der Waals surface area (Å²) in [5.74, 6) is -0.758. The van der Waals surface area contributed by atoms with Gasteiger partial charge in [0.15, 0.2) is 12.6 Å². The Morgan fingerprint density at radius 2 is 0.938 bits per heavy atom. The molecule has 0 bridgehead atoms. The third kappa shape index (κ3) is 18.7. The van der Waals surface area contributed by atoms with Crippen molar-refractivity contribution in [3.05, 3.63) is 0 Å². The number of carbonyl (C=O) groups excluding carboxylic acids is 2. The van der Waals surface area contributed by atoms with Crippen molar-refractivity contribution in [2.45, 2.75) is 50.8 Å². The maximum absolute atomic E-state index is 11.7. The van der Waals surface area contributed by atoms with Crippen molar-refractivity contribution < 1.29 is 38.0 Å². The lowest BCUT2D eigenvalue weighted by Crippen LogP contribution is -2.24. The van der Waals surface area contributed by atoms with Gasteiger partial charge in [0.25, 0.3) is 0 Å². The van der Waals surface area contributed by atoms with Gasteiger partial charge in [0.2, 0.25) is 0 Å². The van der Waals surface area contributed by atoms with E-state index in [2.05, 4.69) is 25.3 Å². The molecule has 0 aromatic rings. The molecule has 0 N–H and O–H groups in total. The second-order valence-electron chi connectivity index (χ2n) is 6.01. The number of esters is 2. The molecule has 0 spiro atoms. The standard InChI is InChI=1S/C18H30O8S6/c1-11(31-17(27)28)15(19)25-9-7-23-13(3)21-5-6-22-14(4)24-8-10-26-16(20)12(2)32-18(29)30/h11-14H,5-10H2,1-4H3,(H,27,28)(H,29,30). The molecular weight excluding hydrogens is 537 g/mol. The molecule has 0 saturated heterocycles. The quantitative estimate of drug-likeness (QED) is 0.0888. The summed E-state index contributed by atoms with van der Waals surface area (Å²) in [6.07, 6.45) is -0.982. The van der Waals surface area contributed by atoms with Crippen molar-refractivity contribution in [1.29, 1.82) is 0 Å². The molecule has 0 aliphatic rings. The van der Waals surface area contributed by atoms with Crippen LogP contribution in [0.3, 0.4) is 0 Å². The van der Waals surface area contributed by atoms with Crippen LogP contribution in [0, 0.1) is 0 Å². The fourth-order valence-electron chi connectivity index (χ4n) is 1.87. The summed E-state index contributed by atoms with van der Waals surface area (Å²) in [5, 5.41) is -0.830. The Labute approximate surface area is 219 Å². The van der Waals surface area contributed by atoms with Gasteiger partial charge >= 0.3 is 11.9 Å². The lowest BCUT2D eigenvalue weighted by Gasteiger charge is -2.17. The highest BCUT2D eigenvalue weighted by Gasteiger charge is 2.17. The molecule has 0 aliphatic carbocycles. The summed E-state index contributed by atoms with van der Waals surface area (Å²) < 4.78 is 32.7. The Bertz CT molecular complexity index is 544. The summed E-state index contributed by atoms with van der Waals surface area (Å²) in [6, 6.07) is 0. The predicted molar refractivity (Wildman–Crippen MR) is 142 cm³/mol. The van der Waals surface area contributed by atoms with E-state index in [9.17, 15) is 9.59 Å². The van der Waals surface area contributed by atoms with E-state index in [1.807, 2.05) is 0 Å². The third-order valence-electron chi connectivity index (χ3n) is 3.37. The summed E-state index contributed by atoms with van der Waals surface area (Å²) >= 11 is 19.9. The van der Waals surface area contributed by atoms with Crippen LogP contribution in [0.2, 0.25) is 0 Å². The number of carbonyl (C=O) groups is 2. The second-order valence-corrected chi connectivity index (χ2v) is 12.1. The van der Waals surface area contributed by atoms with E-state index in [0.717, 1.165) is 23.5 Å². The molecule has 0 aliphatic heterocycles. The predicted octanol–water partition coefficient (Wildman–Crippen LogP) is 3.50. The Balaban J connectivity index is 3.69. The molecule has 4 atom stereocenters. The topological polar surface area (TPSA) is 89.5 Å². The van der Waals surface area contributed by atoms with Crippen LogP contribution in [0.5, 0.6) is 0 Å². The van der Waals surface area contributed by atoms with Gasteiger partial charge in [-0.05, 0) is 27.7 Å². The molecule has 0 amide bonds. The maximum atomic E-state index is 11.7. The van der Waals surface area contributed by atoms with E-state index in [1.54, 1.807) is 27.7 Å². The van der Waals surface area contributed by atoms with Gasteiger partial charge in [-0.2, -0.15) is 0 Å². The molecule has 32 heavy (non-hydrogen) atoms. The van der Waals surface area contributed by atoms with Gasteiger partial charge in [0, 0.05) is 0 Å². The van der Waals surface area contributed by atoms with Gasteiger partial charge in [-0.25, -0.2) is 0 Å². The Hall–Kier alpha value is 0.360. The fourth-order valence-corrected chi connectivity index (χ4v) is 4.62. The monoisotopic (exact) mass is 566 g/mol. The molecular formula is C18H30O8S6. The molecule has 0 radical (unpaired) electrons. The van der Waals surface area contributed by atoms with Crippen molar-refractivity contribution in [1.82, 2.24) is 0 Å². The molecule has 0 saturated carbocycles. The van der Waals surface area contributed by atoms with E-state index in [1.165, 1.54) is 0 Å². The fraction of sp³-hybridized carbons (Fsp3) is 0.778. The van der Waals surface area contributed by atoms with Gasteiger partial charge < -0.3 is 28.4 Å². The van der Waals surface area contributed by atoms with Gasteiger partial charge in [-0.1, -0.05) is 48.0 Å². The van der Waals surface area contributed by atoms with Crippen LogP contribution >= 0.6 is 73.2 Å². The highest BCUT2D eigenvalue weighted by atomic mass is 32.2. The average molecular weight is 567 g/mol. The molecule has 0 aromatic carbocycles. The first-order valence-electron chi connectivity index (χ1n) is 9.61. The van der Waals surface area contributed by atoms with Crippen molar-refractivity contribution in [3.63, 3.8) is 0 Å². The number of hydrogen-bond donors (Lipinski definition) is 2. The van der Waals surface area contributed by atoms with Crippen LogP contribution in [-0.2, 0) is 38.0 Å². The second kappa shape index (κ2) is 19.6. The van der Waals surface area contributed by atoms with E-state index in [0.29, 0.717) is 7.06 Å². The van der Waals surface area contributed by atoms with E-state index < -0.39 is 23.1 Å². The number of rotatable bonds is 17. The summed E-state index contributed by atoms with van der Waals surface area (Å²) in [5.41, 5.74) is 0. The molecule has 186 valence electrons. The minimum absolute atomic E-state index is 0.113. The summed E-state index contributed by atoms with van der Waals surface area (Å²) in [7, 11) is 0. The lowest BCUT2D eigenvalue weighted by atomic mass is 10.5. The van der Waals surface area contributed by atoms with Crippen LogP contribution in [0.4, 0.5) is 0 Å². The van der Waals surface area contributed by atoms with Gasteiger partial charge in [0.05, 0.1) is 26.4 Å². The molecule has 0 aromatic heterocycles. The van der Waals surface area contributed by atoms with Gasteiger partial charge in [-0.3, -0.25) is 9.59 Å². The Morgan fingerprint density at radius 3 is 1.22 bits per heavy atom. The largest absolute Gasteiger partial charge is 0.462 e. The normalized spacial score (nSPS) is 14.8. The number of thiol groups is 2. The number of hydrogen-bond acceptors (Lipinski definition) is 12. The zero-order valence-corrected chi connectivity index (χ0v) is 23.4. The molecule has 0 rings (SSSR count). The maximum Gasteiger partial charge on any atom is 0.319 e. The van der Waals surface area contributed by atoms with Crippen molar-refractivity contribution >= 4 is 92.2 Å². The zero-order valence-electron chi connectivity index (χ0n) is 18.3. The molecule has 8 nitrogen and oxygen atoms in total. The summed E-state index contributed by atoms with van der Waals surface area (Å²) in [6.45, 7) is 8.05. The van der Waals surface area contributed by atoms with Crippen LogP contribution in [0.15, 0.2) is 0 Å². The highest BCUT2D eigenvalue weighted by molar-refractivity contribution is 8.42. The molecule has 4 unspecified atom stereocenters. The van der Waals surface area contributed by atoms with Crippen molar-refractivity contribution in [2.75, 3.05) is 39.6 Å². The van der Waals surface area contributed by atoms with Crippen molar-refractivity contribution in [2.24, 2.45) is 0 Å².